The van der Waals surface area contributed by atoms with Gasteiger partial charge in [-0.05, 0) is 0 Å². The molecule has 0 saturated carbocycles. The fourth-order valence-electron chi connectivity index (χ4n) is 0. The average molecular weight is 217 g/mol. The molecular weight excluding hydrogens is 217 g/mol. The molecule has 0 rings (SSSR count). The van der Waals surface area contributed by atoms with Crippen LogP contribution in [-0.4, -0.2) is 50.5 Å². The van der Waals surface area contributed by atoms with E-state index in [1.165, 1.54) is 0 Å². The van der Waals surface area contributed by atoms with Gasteiger partial charge in [-0.2, -0.15) is 0 Å². The van der Waals surface area contributed by atoms with Crippen molar-refractivity contribution in [2.75, 3.05) is 0 Å². The number of rotatable bonds is 0. The SMILES string of the molecule is [B].[B].[B].[B].[B].[B].[Eu]. The number of hydrogen-bond donors (Lipinski definition) is 0. The van der Waals surface area contributed by atoms with E-state index in [-0.39, 0.29) is 99.9 Å². The average Bonchev–Trinajstić information content (AvgIpc) is 0. The molecule has 0 unspecified atom stereocenters. The van der Waals surface area contributed by atoms with E-state index in [0.29, 0.717) is 0 Å². The molecule has 0 aliphatic heterocycles. The molecular formula is B6Eu. The molecule has 0 nitrogen and oxygen atoms in total. The molecule has 0 aromatic heterocycles. The Kier molecular flexibility index (Phi) is 2080. The molecule has 0 heterocycles. The van der Waals surface area contributed by atoms with Gasteiger partial charge in [0, 0.05) is 99.9 Å². The zero-order chi connectivity index (χ0) is 0. The molecule has 0 spiro atoms. The second-order valence-electron chi connectivity index (χ2n) is 0. The predicted octanol–water partition coefficient (Wildman–Crippen LogP) is -2.28. The van der Waals surface area contributed by atoms with E-state index in [1.807, 2.05) is 0 Å². The van der Waals surface area contributed by atoms with Gasteiger partial charge in [-0.25, -0.2) is 0 Å². The van der Waals surface area contributed by atoms with E-state index in [9.17, 15) is 0 Å². The maximum Gasteiger partial charge on any atom is 0 e. The van der Waals surface area contributed by atoms with Gasteiger partial charge in [0.25, 0.3) is 0 Å². The summed E-state index contributed by atoms with van der Waals surface area (Å²) in [6.07, 6.45) is 0. The third-order valence-corrected chi connectivity index (χ3v) is 0. The molecule has 0 aliphatic carbocycles. The summed E-state index contributed by atoms with van der Waals surface area (Å²) in [5.74, 6) is 0. The van der Waals surface area contributed by atoms with Crippen molar-refractivity contribution < 1.29 is 49.4 Å². The smallest absolute Gasteiger partial charge is 0 e. The van der Waals surface area contributed by atoms with Crippen molar-refractivity contribution in [1.82, 2.24) is 0 Å². The van der Waals surface area contributed by atoms with E-state index < -0.39 is 0 Å². The maximum absolute atomic E-state index is 0. The summed E-state index contributed by atoms with van der Waals surface area (Å²) in [6, 6.07) is 0. The van der Waals surface area contributed by atoms with Gasteiger partial charge in [0.05, 0.1) is 0 Å². The Hall–Kier alpha value is 1.97. The van der Waals surface area contributed by atoms with Crippen LogP contribution in [0.2, 0.25) is 0 Å². The third kappa shape index (κ3) is 73.0. The van der Waals surface area contributed by atoms with Crippen LogP contribution in [0.3, 0.4) is 0 Å². The first-order chi connectivity index (χ1) is 0. The van der Waals surface area contributed by atoms with Crippen LogP contribution in [0, 0.1) is 49.4 Å². The van der Waals surface area contributed by atoms with Crippen LogP contribution in [0.1, 0.15) is 0 Å². The summed E-state index contributed by atoms with van der Waals surface area (Å²) in [6.45, 7) is 0. The molecule has 0 saturated heterocycles. The van der Waals surface area contributed by atoms with Crippen molar-refractivity contribution in [1.29, 1.82) is 0 Å². The third-order valence-electron chi connectivity index (χ3n) is 0. The van der Waals surface area contributed by atoms with Gasteiger partial charge in [0.1, 0.15) is 0 Å². The summed E-state index contributed by atoms with van der Waals surface area (Å²) in [5, 5.41) is 0. The molecule has 0 aromatic carbocycles. The summed E-state index contributed by atoms with van der Waals surface area (Å²) in [4.78, 5) is 0. The number of hydrogen-bond acceptors (Lipinski definition) is 0. The Morgan fingerprint density at radius 1 is 0.286 bits per heavy atom. The molecule has 25 valence electrons. The van der Waals surface area contributed by atoms with Crippen molar-refractivity contribution in [2.45, 2.75) is 0 Å². The maximum atomic E-state index is 0. The van der Waals surface area contributed by atoms with E-state index in [0.717, 1.165) is 0 Å². The first kappa shape index (κ1) is 146. The topological polar surface area (TPSA) is 0 Å². The molecule has 0 aliphatic rings. The van der Waals surface area contributed by atoms with Gasteiger partial charge in [-0.15, -0.1) is 0 Å². The quantitative estimate of drug-likeness (QED) is 0.401. The fourth-order valence-corrected chi connectivity index (χ4v) is 0. The van der Waals surface area contributed by atoms with Crippen LogP contribution in [0.15, 0.2) is 0 Å². The van der Waals surface area contributed by atoms with Crippen molar-refractivity contribution in [3.05, 3.63) is 0 Å². The van der Waals surface area contributed by atoms with Crippen LogP contribution in [-0.2, 0) is 0 Å². The van der Waals surface area contributed by atoms with Gasteiger partial charge in [0.2, 0.25) is 0 Å². The van der Waals surface area contributed by atoms with Crippen molar-refractivity contribution in [2.24, 2.45) is 0 Å². The fraction of sp³-hybridized carbons (Fsp3) is 0. The van der Waals surface area contributed by atoms with Gasteiger partial charge >= 0.3 is 0 Å². The van der Waals surface area contributed by atoms with Crippen molar-refractivity contribution in [3.8, 4) is 0 Å². The van der Waals surface area contributed by atoms with Gasteiger partial charge < -0.3 is 0 Å². The predicted molar refractivity (Wildman–Crippen MR) is 34.5 cm³/mol. The molecule has 0 N–H and O–H groups in total. The molecule has 7 heteroatoms. The largest absolute Gasteiger partial charge is 0 e. The normalized spacial score (nSPS) is 0. The molecule has 0 aromatic rings. The van der Waals surface area contributed by atoms with Crippen molar-refractivity contribution >= 4 is 50.5 Å². The zero-order valence-corrected chi connectivity index (χ0v) is 6.27. The Labute approximate surface area is 98.3 Å². The summed E-state index contributed by atoms with van der Waals surface area (Å²) < 4.78 is 0. The molecule has 19 radical (unpaired) electrons. The molecule has 0 atom stereocenters. The van der Waals surface area contributed by atoms with E-state index in [2.05, 4.69) is 0 Å². The van der Waals surface area contributed by atoms with E-state index in [1.54, 1.807) is 0 Å². The minimum absolute atomic E-state index is 0. The molecule has 0 fully saturated rings. The second kappa shape index (κ2) is 99.5. The van der Waals surface area contributed by atoms with Gasteiger partial charge in [0.15, 0.2) is 0 Å². The second-order valence-corrected chi connectivity index (χ2v) is 0. The zero-order valence-electron chi connectivity index (χ0n) is 3.84. The van der Waals surface area contributed by atoms with Crippen LogP contribution in [0.25, 0.3) is 0 Å². The van der Waals surface area contributed by atoms with Crippen LogP contribution >= 0.6 is 0 Å². The van der Waals surface area contributed by atoms with Gasteiger partial charge in [-0.3, -0.25) is 0 Å². The molecule has 0 bridgehead atoms. The minimum atomic E-state index is 0. The first-order valence-corrected chi connectivity index (χ1v) is 0. The van der Waals surface area contributed by atoms with Crippen LogP contribution in [0.5, 0.6) is 0 Å². The summed E-state index contributed by atoms with van der Waals surface area (Å²) in [7, 11) is 0. The Balaban J connectivity index is 0. The van der Waals surface area contributed by atoms with Gasteiger partial charge in [-0.1, -0.05) is 0 Å². The van der Waals surface area contributed by atoms with E-state index in [4.69, 9.17) is 0 Å². The van der Waals surface area contributed by atoms with Crippen LogP contribution in [0.4, 0.5) is 0 Å². The van der Waals surface area contributed by atoms with Crippen LogP contribution < -0.4 is 0 Å². The minimum Gasteiger partial charge on any atom is 0 e. The summed E-state index contributed by atoms with van der Waals surface area (Å²) in [5.41, 5.74) is 0. The monoisotopic (exact) mass is 219 g/mol. The standard InChI is InChI=1S/6B.Eu. The van der Waals surface area contributed by atoms with Crippen molar-refractivity contribution in [3.63, 3.8) is 0 Å². The van der Waals surface area contributed by atoms with E-state index >= 15 is 0 Å². The Morgan fingerprint density at radius 3 is 0.286 bits per heavy atom. The molecule has 7 heavy (non-hydrogen) atoms. The first-order valence-electron chi connectivity index (χ1n) is 0. The molecule has 0 amide bonds. The Bertz CT molecular complexity index is 4.14. The Morgan fingerprint density at radius 2 is 0.286 bits per heavy atom. The summed E-state index contributed by atoms with van der Waals surface area (Å²) >= 11 is 0.